The molecule has 15 heavy (non-hydrogen) atoms. The smallest absolute Gasteiger partial charge is 0.214 e. The Labute approximate surface area is 99.3 Å². The summed E-state index contributed by atoms with van der Waals surface area (Å²) in [6, 6.07) is 8.70. The molecular formula is C10H8BrFN2S. The molecule has 0 saturated heterocycles. The van der Waals surface area contributed by atoms with Crippen LogP contribution in [-0.4, -0.2) is 4.98 Å². The van der Waals surface area contributed by atoms with Gasteiger partial charge in [0, 0.05) is 4.88 Å². The van der Waals surface area contributed by atoms with Crippen molar-refractivity contribution < 1.29 is 4.39 Å². The van der Waals surface area contributed by atoms with Crippen LogP contribution in [0, 0.1) is 5.95 Å². The van der Waals surface area contributed by atoms with Crippen LogP contribution in [0.2, 0.25) is 0 Å². The van der Waals surface area contributed by atoms with Crippen molar-refractivity contribution in [2.24, 2.45) is 0 Å². The van der Waals surface area contributed by atoms with Crippen LogP contribution in [0.4, 0.5) is 10.2 Å². The average molecular weight is 287 g/mol. The summed E-state index contributed by atoms with van der Waals surface area (Å²) in [5, 5.41) is 3.05. The fraction of sp³-hybridized carbons (Fsp3) is 0.100. The number of nitrogens with one attached hydrogen (secondary N) is 1. The van der Waals surface area contributed by atoms with Gasteiger partial charge in [-0.1, -0.05) is 6.07 Å². The Morgan fingerprint density at radius 1 is 1.33 bits per heavy atom. The van der Waals surface area contributed by atoms with Crippen LogP contribution in [-0.2, 0) is 6.54 Å². The number of anilines is 1. The number of thiophene rings is 1. The van der Waals surface area contributed by atoms with Gasteiger partial charge < -0.3 is 5.32 Å². The SMILES string of the molecule is Fc1cccc(NCc2ccc(Br)s2)n1. The number of pyridine rings is 1. The van der Waals surface area contributed by atoms with E-state index in [4.69, 9.17) is 0 Å². The molecule has 0 saturated carbocycles. The van der Waals surface area contributed by atoms with E-state index in [1.807, 2.05) is 12.1 Å². The fourth-order valence-corrected chi connectivity index (χ4v) is 2.55. The van der Waals surface area contributed by atoms with Crippen LogP contribution < -0.4 is 5.32 Å². The summed E-state index contributed by atoms with van der Waals surface area (Å²) in [6.45, 7) is 0.659. The minimum absolute atomic E-state index is 0.465. The first-order chi connectivity index (χ1) is 7.24. The molecule has 0 aliphatic rings. The molecule has 2 aromatic heterocycles. The lowest BCUT2D eigenvalue weighted by Gasteiger charge is -2.02. The second kappa shape index (κ2) is 4.72. The van der Waals surface area contributed by atoms with Crippen LogP contribution in [0.25, 0.3) is 0 Å². The van der Waals surface area contributed by atoms with Crippen molar-refractivity contribution in [1.29, 1.82) is 0 Å². The molecule has 0 radical (unpaired) electrons. The molecule has 0 amide bonds. The summed E-state index contributed by atoms with van der Waals surface area (Å²) in [6.07, 6.45) is 0. The van der Waals surface area contributed by atoms with Crippen LogP contribution in [0.5, 0.6) is 0 Å². The first-order valence-electron chi connectivity index (χ1n) is 4.35. The maximum Gasteiger partial charge on any atom is 0.214 e. The Bertz CT molecular complexity index is 458. The van der Waals surface area contributed by atoms with Crippen LogP contribution >= 0.6 is 27.3 Å². The minimum Gasteiger partial charge on any atom is -0.365 e. The van der Waals surface area contributed by atoms with Crippen molar-refractivity contribution in [1.82, 2.24) is 4.98 Å². The van der Waals surface area contributed by atoms with E-state index in [1.165, 1.54) is 10.9 Å². The molecule has 0 atom stereocenters. The van der Waals surface area contributed by atoms with Gasteiger partial charge in [0.2, 0.25) is 5.95 Å². The molecule has 5 heteroatoms. The minimum atomic E-state index is -0.465. The van der Waals surface area contributed by atoms with E-state index in [0.29, 0.717) is 12.4 Å². The zero-order valence-corrected chi connectivity index (χ0v) is 10.1. The zero-order valence-electron chi connectivity index (χ0n) is 7.71. The maximum absolute atomic E-state index is 12.7. The fourth-order valence-electron chi connectivity index (χ4n) is 1.13. The Morgan fingerprint density at radius 2 is 2.20 bits per heavy atom. The van der Waals surface area contributed by atoms with Gasteiger partial charge in [0.1, 0.15) is 5.82 Å². The molecule has 1 N–H and O–H groups in total. The highest BCUT2D eigenvalue weighted by atomic mass is 79.9. The molecule has 0 aromatic carbocycles. The molecule has 78 valence electrons. The monoisotopic (exact) mass is 286 g/mol. The Morgan fingerprint density at radius 3 is 2.87 bits per heavy atom. The highest BCUT2D eigenvalue weighted by Crippen LogP contribution is 2.22. The van der Waals surface area contributed by atoms with E-state index in [1.54, 1.807) is 23.5 Å². The van der Waals surface area contributed by atoms with Gasteiger partial charge in [-0.3, -0.25) is 0 Å². The number of hydrogen-bond donors (Lipinski definition) is 1. The summed E-state index contributed by atoms with van der Waals surface area (Å²) in [5.74, 6) is 0.0897. The van der Waals surface area contributed by atoms with Gasteiger partial charge in [-0.15, -0.1) is 11.3 Å². The van der Waals surface area contributed by atoms with Gasteiger partial charge in [-0.05, 0) is 40.2 Å². The lowest BCUT2D eigenvalue weighted by atomic mass is 10.4. The molecule has 0 aliphatic heterocycles. The Hall–Kier alpha value is -0.940. The van der Waals surface area contributed by atoms with Crippen molar-refractivity contribution in [2.75, 3.05) is 5.32 Å². The molecule has 0 fully saturated rings. The molecule has 2 rings (SSSR count). The zero-order chi connectivity index (χ0) is 10.7. The first kappa shape index (κ1) is 10.6. The average Bonchev–Trinajstić information content (AvgIpc) is 2.62. The summed E-state index contributed by atoms with van der Waals surface area (Å²) < 4.78 is 13.8. The standard InChI is InChI=1S/C10H8BrFN2S/c11-8-5-4-7(15-8)6-13-10-3-1-2-9(12)14-10/h1-5H,6H2,(H,13,14). The first-order valence-corrected chi connectivity index (χ1v) is 5.95. The Balaban J connectivity index is 1.99. The summed E-state index contributed by atoms with van der Waals surface area (Å²) in [7, 11) is 0. The maximum atomic E-state index is 12.7. The molecule has 0 aliphatic carbocycles. The molecule has 2 heterocycles. The van der Waals surface area contributed by atoms with E-state index in [0.717, 1.165) is 3.79 Å². The van der Waals surface area contributed by atoms with Crippen LogP contribution in [0.15, 0.2) is 34.1 Å². The lowest BCUT2D eigenvalue weighted by molar-refractivity contribution is 0.585. The number of aromatic nitrogens is 1. The van der Waals surface area contributed by atoms with Crippen molar-refractivity contribution >= 4 is 33.1 Å². The Kier molecular flexibility index (Phi) is 3.33. The van der Waals surface area contributed by atoms with Crippen molar-refractivity contribution in [3.8, 4) is 0 Å². The van der Waals surface area contributed by atoms with Crippen LogP contribution in [0.1, 0.15) is 4.88 Å². The van der Waals surface area contributed by atoms with E-state index in [-0.39, 0.29) is 0 Å². The quantitative estimate of drug-likeness (QED) is 0.871. The van der Waals surface area contributed by atoms with Gasteiger partial charge in [-0.2, -0.15) is 4.39 Å². The predicted octanol–water partition coefficient (Wildman–Crippen LogP) is 3.66. The number of rotatable bonds is 3. The molecule has 0 spiro atoms. The normalized spacial score (nSPS) is 10.3. The summed E-state index contributed by atoms with van der Waals surface area (Å²) in [4.78, 5) is 4.88. The van der Waals surface area contributed by atoms with Crippen molar-refractivity contribution in [2.45, 2.75) is 6.54 Å². The van der Waals surface area contributed by atoms with Gasteiger partial charge in [0.05, 0.1) is 10.3 Å². The number of nitrogens with zero attached hydrogens (tertiary/aromatic N) is 1. The second-order valence-electron chi connectivity index (χ2n) is 2.90. The van der Waals surface area contributed by atoms with Gasteiger partial charge >= 0.3 is 0 Å². The lowest BCUT2D eigenvalue weighted by Crippen LogP contribution is -2.00. The van der Waals surface area contributed by atoms with Crippen molar-refractivity contribution in [3.63, 3.8) is 0 Å². The molecular weight excluding hydrogens is 279 g/mol. The highest BCUT2D eigenvalue weighted by molar-refractivity contribution is 9.11. The third-order valence-electron chi connectivity index (χ3n) is 1.79. The second-order valence-corrected chi connectivity index (χ2v) is 5.45. The van der Waals surface area contributed by atoms with E-state index in [9.17, 15) is 4.39 Å². The van der Waals surface area contributed by atoms with Crippen molar-refractivity contribution in [3.05, 3.63) is 44.9 Å². The third-order valence-corrected chi connectivity index (χ3v) is 3.41. The summed E-state index contributed by atoms with van der Waals surface area (Å²) in [5.41, 5.74) is 0. The number of hydrogen-bond acceptors (Lipinski definition) is 3. The van der Waals surface area contributed by atoms with Gasteiger partial charge in [0.25, 0.3) is 0 Å². The highest BCUT2D eigenvalue weighted by Gasteiger charge is 1.99. The molecule has 0 bridgehead atoms. The molecule has 0 unspecified atom stereocenters. The largest absolute Gasteiger partial charge is 0.365 e. The van der Waals surface area contributed by atoms with Gasteiger partial charge in [-0.25, -0.2) is 4.98 Å². The van der Waals surface area contributed by atoms with E-state index in [2.05, 4.69) is 26.2 Å². The predicted molar refractivity (Wildman–Crippen MR) is 63.5 cm³/mol. The number of halogens is 2. The van der Waals surface area contributed by atoms with Gasteiger partial charge in [0.15, 0.2) is 0 Å². The van der Waals surface area contributed by atoms with Crippen LogP contribution in [0.3, 0.4) is 0 Å². The topological polar surface area (TPSA) is 24.9 Å². The third kappa shape index (κ3) is 3.00. The summed E-state index contributed by atoms with van der Waals surface area (Å²) >= 11 is 5.03. The van der Waals surface area contributed by atoms with E-state index >= 15 is 0 Å². The molecule has 2 aromatic rings. The molecule has 2 nitrogen and oxygen atoms in total. The van der Waals surface area contributed by atoms with E-state index < -0.39 is 5.95 Å².